The van der Waals surface area contributed by atoms with Crippen LogP contribution in [0, 0.1) is 11.3 Å². The van der Waals surface area contributed by atoms with Gasteiger partial charge < -0.3 is 14.7 Å². The zero-order valence-electron chi connectivity index (χ0n) is 12.0. The van der Waals surface area contributed by atoms with Crippen LogP contribution in [0.5, 0.6) is 5.75 Å². The minimum absolute atomic E-state index is 0.413. The molecule has 106 valence electrons. The van der Waals surface area contributed by atoms with Crippen LogP contribution in [-0.4, -0.2) is 36.2 Å². The molecule has 1 aromatic rings. The molecule has 2 aliphatic rings. The summed E-state index contributed by atoms with van der Waals surface area (Å²) in [5.41, 5.74) is 0.374. The monoisotopic (exact) mass is 272 g/mol. The zero-order valence-corrected chi connectivity index (χ0v) is 12.0. The highest BCUT2D eigenvalue weighted by Gasteiger charge is 2.47. The predicted octanol–water partition coefficient (Wildman–Crippen LogP) is 2.01. The number of fused-ring (bicyclic) bond motifs is 2. The molecule has 0 saturated carbocycles. The molecule has 2 heterocycles. The Labute approximate surface area is 119 Å². The van der Waals surface area contributed by atoms with Gasteiger partial charge in [0.1, 0.15) is 5.75 Å². The van der Waals surface area contributed by atoms with E-state index in [9.17, 15) is 10.4 Å². The Balaban J connectivity index is 2.02. The lowest BCUT2D eigenvalue weighted by molar-refractivity contribution is -0.0496. The molecule has 2 unspecified atom stereocenters. The van der Waals surface area contributed by atoms with Crippen molar-refractivity contribution >= 4 is 0 Å². The van der Waals surface area contributed by atoms with Crippen molar-refractivity contribution in [1.29, 1.82) is 5.26 Å². The minimum atomic E-state index is -0.905. The summed E-state index contributed by atoms with van der Waals surface area (Å²) in [6.45, 7) is 0. The maximum absolute atomic E-state index is 11.1. The van der Waals surface area contributed by atoms with Gasteiger partial charge in [-0.15, -0.1) is 0 Å². The normalized spacial score (nSPS) is 32.9. The first-order valence-electron chi connectivity index (χ1n) is 7.10. The summed E-state index contributed by atoms with van der Waals surface area (Å²) < 4.78 is 5.25. The number of hydrogen-bond donors (Lipinski definition) is 1. The fraction of sp³-hybridized carbons (Fsp3) is 0.562. The van der Waals surface area contributed by atoms with Crippen molar-refractivity contribution in [2.75, 3.05) is 14.2 Å². The standard InChI is InChI=1S/C16H20N2O2/c1-18-12-4-5-13(18)9-16(19,8-12)15-7-14(20-2)6-3-11(15)10-17/h3,6-7,12-13,19H,4-5,8-9H2,1-2H3. The van der Waals surface area contributed by atoms with Crippen molar-refractivity contribution in [1.82, 2.24) is 4.90 Å². The largest absolute Gasteiger partial charge is 0.497 e. The van der Waals surface area contributed by atoms with Gasteiger partial charge in [0.15, 0.2) is 0 Å². The van der Waals surface area contributed by atoms with Gasteiger partial charge >= 0.3 is 0 Å². The van der Waals surface area contributed by atoms with Crippen molar-refractivity contribution in [2.45, 2.75) is 43.4 Å². The first-order chi connectivity index (χ1) is 9.57. The number of ether oxygens (including phenoxy) is 1. The summed E-state index contributed by atoms with van der Waals surface area (Å²) in [5, 5.41) is 20.5. The lowest BCUT2D eigenvalue weighted by atomic mass is 9.79. The Morgan fingerprint density at radius 1 is 1.35 bits per heavy atom. The number of hydrogen-bond acceptors (Lipinski definition) is 4. The number of methoxy groups -OCH3 is 1. The number of nitriles is 1. The van der Waals surface area contributed by atoms with Crippen molar-refractivity contribution in [3.05, 3.63) is 29.3 Å². The smallest absolute Gasteiger partial charge is 0.119 e. The zero-order chi connectivity index (χ0) is 14.3. The molecule has 0 aliphatic carbocycles. The number of piperidine rings is 1. The first kappa shape index (κ1) is 13.4. The third kappa shape index (κ3) is 1.98. The van der Waals surface area contributed by atoms with Gasteiger partial charge in [0.05, 0.1) is 24.3 Å². The van der Waals surface area contributed by atoms with Gasteiger partial charge in [-0.05, 0) is 50.9 Å². The Morgan fingerprint density at radius 3 is 2.55 bits per heavy atom. The molecule has 20 heavy (non-hydrogen) atoms. The minimum Gasteiger partial charge on any atom is -0.497 e. The lowest BCUT2D eigenvalue weighted by Crippen LogP contribution is -2.47. The number of benzene rings is 1. The van der Waals surface area contributed by atoms with Crippen LogP contribution < -0.4 is 4.74 Å². The van der Waals surface area contributed by atoms with E-state index in [-0.39, 0.29) is 0 Å². The molecule has 1 N–H and O–H groups in total. The van der Waals surface area contributed by atoms with E-state index in [0.717, 1.165) is 18.4 Å². The van der Waals surface area contributed by atoms with Crippen LogP contribution in [0.25, 0.3) is 0 Å². The van der Waals surface area contributed by atoms with Gasteiger partial charge in [0.2, 0.25) is 0 Å². The highest BCUT2D eigenvalue weighted by Crippen LogP contribution is 2.46. The van der Waals surface area contributed by atoms with Gasteiger partial charge in [0, 0.05) is 17.6 Å². The Kier molecular flexibility index (Phi) is 3.19. The van der Waals surface area contributed by atoms with Crippen LogP contribution >= 0.6 is 0 Å². The fourth-order valence-corrected chi connectivity index (χ4v) is 3.80. The summed E-state index contributed by atoms with van der Waals surface area (Å²) in [7, 11) is 3.74. The second kappa shape index (κ2) is 4.76. The molecular weight excluding hydrogens is 252 g/mol. The Morgan fingerprint density at radius 2 is 2.00 bits per heavy atom. The van der Waals surface area contributed by atoms with Crippen molar-refractivity contribution in [3.8, 4) is 11.8 Å². The average molecular weight is 272 g/mol. The van der Waals surface area contributed by atoms with E-state index >= 15 is 0 Å². The van der Waals surface area contributed by atoms with Crippen molar-refractivity contribution < 1.29 is 9.84 Å². The van der Waals surface area contributed by atoms with Gasteiger partial charge in [-0.1, -0.05) is 0 Å². The van der Waals surface area contributed by atoms with E-state index in [1.54, 1.807) is 19.2 Å². The molecule has 2 saturated heterocycles. The Bertz CT molecular complexity index is 550. The molecule has 4 nitrogen and oxygen atoms in total. The molecule has 0 amide bonds. The highest BCUT2D eigenvalue weighted by molar-refractivity contribution is 5.46. The molecule has 2 aliphatic heterocycles. The topological polar surface area (TPSA) is 56.5 Å². The van der Waals surface area contributed by atoms with Crippen LogP contribution in [0.2, 0.25) is 0 Å². The van der Waals surface area contributed by atoms with E-state index in [1.165, 1.54) is 0 Å². The summed E-state index contributed by atoms with van der Waals surface area (Å²) in [6, 6.07) is 8.37. The van der Waals surface area contributed by atoms with Crippen LogP contribution in [0.3, 0.4) is 0 Å². The van der Waals surface area contributed by atoms with Crippen LogP contribution in [0.1, 0.15) is 36.8 Å². The predicted molar refractivity (Wildman–Crippen MR) is 75.4 cm³/mol. The SMILES string of the molecule is COc1ccc(C#N)c(C2(O)CC3CCC(C2)N3C)c1. The summed E-state index contributed by atoms with van der Waals surface area (Å²) in [4.78, 5) is 2.38. The molecule has 0 spiro atoms. The quantitative estimate of drug-likeness (QED) is 0.894. The van der Waals surface area contributed by atoms with Gasteiger partial charge in [-0.2, -0.15) is 5.26 Å². The molecule has 1 aromatic carbocycles. The molecule has 2 fully saturated rings. The van der Waals surface area contributed by atoms with E-state index in [1.807, 2.05) is 6.07 Å². The van der Waals surface area contributed by atoms with E-state index in [0.29, 0.717) is 36.2 Å². The summed E-state index contributed by atoms with van der Waals surface area (Å²) in [5.74, 6) is 0.693. The van der Waals surface area contributed by atoms with Crippen LogP contribution in [-0.2, 0) is 5.60 Å². The summed E-state index contributed by atoms with van der Waals surface area (Å²) in [6.07, 6.45) is 3.66. The molecule has 2 bridgehead atoms. The molecule has 4 heteroatoms. The van der Waals surface area contributed by atoms with Crippen LogP contribution in [0.4, 0.5) is 0 Å². The maximum Gasteiger partial charge on any atom is 0.119 e. The van der Waals surface area contributed by atoms with E-state index in [4.69, 9.17) is 4.74 Å². The number of nitrogens with zero attached hydrogens (tertiary/aromatic N) is 2. The maximum atomic E-state index is 11.1. The second-order valence-electron chi connectivity index (χ2n) is 6.01. The molecule has 0 radical (unpaired) electrons. The van der Waals surface area contributed by atoms with Crippen molar-refractivity contribution in [2.24, 2.45) is 0 Å². The van der Waals surface area contributed by atoms with Crippen molar-refractivity contribution in [3.63, 3.8) is 0 Å². The van der Waals surface area contributed by atoms with Gasteiger partial charge in [-0.3, -0.25) is 0 Å². The number of rotatable bonds is 2. The van der Waals surface area contributed by atoms with Gasteiger partial charge in [0.25, 0.3) is 0 Å². The average Bonchev–Trinajstić information content (AvgIpc) is 2.69. The summed E-state index contributed by atoms with van der Waals surface area (Å²) >= 11 is 0. The Hall–Kier alpha value is -1.57. The fourth-order valence-electron chi connectivity index (χ4n) is 3.80. The molecule has 3 rings (SSSR count). The van der Waals surface area contributed by atoms with Gasteiger partial charge in [-0.25, -0.2) is 0 Å². The third-order valence-corrected chi connectivity index (χ3v) is 4.98. The molecule has 0 aromatic heterocycles. The first-order valence-corrected chi connectivity index (χ1v) is 7.10. The van der Waals surface area contributed by atoms with E-state index < -0.39 is 5.60 Å². The molecular formula is C16H20N2O2. The lowest BCUT2D eigenvalue weighted by Gasteiger charge is -2.42. The second-order valence-corrected chi connectivity index (χ2v) is 6.01. The van der Waals surface area contributed by atoms with Crippen LogP contribution in [0.15, 0.2) is 18.2 Å². The van der Waals surface area contributed by atoms with E-state index in [2.05, 4.69) is 18.0 Å². The number of aliphatic hydroxyl groups is 1. The highest BCUT2D eigenvalue weighted by atomic mass is 16.5. The third-order valence-electron chi connectivity index (χ3n) is 4.98. The molecule has 2 atom stereocenters.